The fraction of sp³-hybridized carbons (Fsp3) is 0.350. The van der Waals surface area contributed by atoms with Crippen LogP contribution in [-0.4, -0.2) is 31.9 Å². The number of nitrogens with two attached hydrogens (primary N) is 1. The first-order valence-electron chi connectivity index (χ1n) is 9.02. The molecular weight excluding hydrogens is 342 g/mol. The molecule has 0 unspecified atom stereocenters. The molecule has 0 bridgehead atoms. The maximum atomic E-state index is 13.1. The van der Waals surface area contributed by atoms with Crippen molar-refractivity contribution in [3.05, 3.63) is 70.0 Å². The van der Waals surface area contributed by atoms with Crippen molar-refractivity contribution in [2.45, 2.75) is 39.2 Å². The summed E-state index contributed by atoms with van der Waals surface area (Å²) < 4.78 is 1.44. The molecule has 0 aliphatic carbocycles. The molecule has 7 nitrogen and oxygen atoms in total. The summed E-state index contributed by atoms with van der Waals surface area (Å²) in [5.41, 5.74) is 8.90. The molecule has 142 valence electrons. The first-order chi connectivity index (χ1) is 12.8. The summed E-state index contributed by atoms with van der Waals surface area (Å²) in [5, 5.41) is 3.14. The van der Waals surface area contributed by atoms with Crippen molar-refractivity contribution in [1.82, 2.24) is 19.5 Å². The van der Waals surface area contributed by atoms with Crippen molar-refractivity contribution >= 4 is 11.6 Å². The Kier molecular flexibility index (Phi) is 5.03. The van der Waals surface area contributed by atoms with Gasteiger partial charge < -0.3 is 10.6 Å². The minimum absolute atomic E-state index is 0.125. The zero-order chi connectivity index (χ0) is 19.7. The smallest absolute Gasteiger partial charge is 0.275 e. The second kappa shape index (κ2) is 7.26. The normalized spacial score (nSPS) is 17.9. The number of nitrogens with zero attached hydrogens (tertiary/aromatic N) is 3. The number of piperidine rings is 1. The third-order valence-corrected chi connectivity index (χ3v) is 5.09. The number of nitrogens with one attached hydrogen (secondary N) is 1. The summed E-state index contributed by atoms with van der Waals surface area (Å²) in [4.78, 5) is 31.8. The van der Waals surface area contributed by atoms with Gasteiger partial charge in [-0.3, -0.25) is 14.7 Å². The Morgan fingerprint density at radius 1 is 1.41 bits per heavy atom. The Bertz CT molecular complexity index is 1010. The maximum absolute atomic E-state index is 13.1. The van der Waals surface area contributed by atoms with Crippen molar-refractivity contribution in [2.75, 3.05) is 6.54 Å². The Morgan fingerprint density at radius 3 is 2.81 bits per heavy atom. The lowest BCUT2D eigenvalue weighted by atomic mass is 9.97. The lowest BCUT2D eigenvalue weighted by Crippen LogP contribution is -2.40. The fourth-order valence-corrected chi connectivity index (χ4v) is 3.49. The van der Waals surface area contributed by atoms with Crippen LogP contribution < -0.4 is 11.3 Å². The van der Waals surface area contributed by atoms with Crippen molar-refractivity contribution in [2.24, 2.45) is 5.73 Å². The van der Waals surface area contributed by atoms with Crippen LogP contribution in [0.1, 0.15) is 42.3 Å². The molecule has 0 saturated carbocycles. The molecule has 1 atom stereocenters. The van der Waals surface area contributed by atoms with E-state index < -0.39 is 0 Å². The minimum Gasteiger partial charge on any atom is -0.399 e. The summed E-state index contributed by atoms with van der Waals surface area (Å²) in [5.74, 6) is -0.182. The van der Waals surface area contributed by atoms with Gasteiger partial charge in [-0.15, -0.1) is 0 Å². The van der Waals surface area contributed by atoms with Gasteiger partial charge in [0.2, 0.25) is 0 Å². The summed E-state index contributed by atoms with van der Waals surface area (Å²) in [6.07, 6.45) is 5.82. The quantitative estimate of drug-likeness (QED) is 0.640. The van der Waals surface area contributed by atoms with Crippen LogP contribution in [0, 0.1) is 13.8 Å². The largest absolute Gasteiger partial charge is 0.399 e. The maximum Gasteiger partial charge on any atom is 0.275 e. The number of hydrogen-bond acceptors (Lipinski definition) is 4. The first kappa shape index (κ1) is 18.7. The average molecular weight is 367 g/mol. The molecule has 1 amide bonds. The third-order valence-electron chi connectivity index (χ3n) is 5.09. The summed E-state index contributed by atoms with van der Waals surface area (Å²) in [7, 11) is 0. The molecule has 2 aromatic rings. The van der Waals surface area contributed by atoms with Gasteiger partial charge in [0.25, 0.3) is 11.5 Å². The number of aryl methyl sites for hydroxylation is 1. The highest BCUT2D eigenvalue weighted by molar-refractivity contribution is 5.98. The van der Waals surface area contributed by atoms with Gasteiger partial charge >= 0.3 is 0 Å². The third kappa shape index (κ3) is 3.32. The first-order valence-corrected chi connectivity index (χ1v) is 9.02. The Morgan fingerprint density at radius 2 is 2.15 bits per heavy atom. The van der Waals surface area contributed by atoms with Gasteiger partial charge in [-0.25, -0.2) is 9.50 Å². The number of aromatic amines is 1. The monoisotopic (exact) mass is 367 g/mol. The van der Waals surface area contributed by atoms with Crippen molar-refractivity contribution in [1.29, 1.82) is 0 Å². The van der Waals surface area contributed by atoms with Gasteiger partial charge in [0.15, 0.2) is 5.65 Å². The number of carbonyl (C=O) groups excluding carboxylic acids is 1. The topological polar surface area (TPSA) is 96.5 Å². The number of carbonyl (C=O) groups is 1. The average Bonchev–Trinajstić information content (AvgIpc) is 3.07. The fourth-order valence-electron chi connectivity index (χ4n) is 3.49. The number of allylic oxidation sites excluding steroid dienone is 2. The molecule has 0 aromatic carbocycles. The van der Waals surface area contributed by atoms with Gasteiger partial charge in [-0.05, 0) is 39.2 Å². The SMILES string of the molecule is C=C/C=C(\C(=C)N)C(=O)N1CCCC[C@H]1c1cc2nc(C)c(C)c(=O)n2[nH]1. The number of aromatic nitrogens is 3. The van der Waals surface area contributed by atoms with Crippen LogP contribution >= 0.6 is 0 Å². The van der Waals surface area contributed by atoms with Crippen molar-refractivity contribution in [3.63, 3.8) is 0 Å². The molecule has 3 heterocycles. The predicted molar refractivity (Wildman–Crippen MR) is 105 cm³/mol. The number of hydrogen-bond donors (Lipinski definition) is 2. The zero-order valence-electron chi connectivity index (χ0n) is 15.8. The lowest BCUT2D eigenvalue weighted by molar-refractivity contribution is -0.130. The molecular formula is C20H25N5O2. The van der Waals surface area contributed by atoms with Crippen LogP contribution in [0.15, 0.2) is 47.4 Å². The van der Waals surface area contributed by atoms with E-state index in [9.17, 15) is 9.59 Å². The number of rotatable bonds is 4. The molecule has 3 N–H and O–H groups in total. The Balaban J connectivity index is 2.05. The zero-order valence-corrected chi connectivity index (χ0v) is 15.8. The Labute approximate surface area is 157 Å². The number of amides is 1. The molecule has 1 saturated heterocycles. The van der Waals surface area contributed by atoms with Crippen molar-refractivity contribution < 1.29 is 4.79 Å². The Hall–Kier alpha value is -3.09. The molecule has 1 aliphatic rings. The van der Waals surface area contributed by atoms with E-state index in [4.69, 9.17) is 5.73 Å². The standard InChI is InChI=1S/C20H25N5O2/c1-5-8-15(13(3)21)20(27)24-10-7-6-9-17(24)16-11-18-22-14(4)12(2)19(26)25(18)23-16/h5,8,11,17,23H,1,3,6-7,9-10,21H2,2,4H3/b15-8+/t17-/m0/s1. The van der Waals surface area contributed by atoms with Gasteiger partial charge in [-0.1, -0.05) is 19.2 Å². The lowest BCUT2D eigenvalue weighted by Gasteiger charge is -2.35. The number of fused-ring (bicyclic) bond motifs is 1. The number of H-pyrrole nitrogens is 1. The molecule has 1 fully saturated rings. The molecule has 2 aromatic heterocycles. The van der Waals surface area contributed by atoms with E-state index in [0.717, 1.165) is 25.0 Å². The molecule has 3 rings (SSSR count). The second-order valence-electron chi connectivity index (χ2n) is 6.88. The van der Waals surface area contributed by atoms with Crippen molar-refractivity contribution in [3.8, 4) is 0 Å². The van der Waals surface area contributed by atoms with Crippen LogP contribution in [0.4, 0.5) is 0 Å². The molecule has 7 heteroatoms. The molecule has 0 radical (unpaired) electrons. The van der Waals surface area contributed by atoms with E-state index >= 15 is 0 Å². The van der Waals surface area contributed by atoms with E-state index in [2.05, 4.69) is 23.2 Å². The van der Waals surface area contributed by atoms with Crippen LogP contribution in [0.5, 0.6) is 0 Å². The van der Waals surface area contributed by atoms with Gasteiger partial charge in [0.05, 0.1) is 17.3 Å². The second-order valence-corrected chi connectivity index (χ2v) is 6.88. The predicted octanol–water partition coefficient (Wildman–Crippen LogP) is 2.28. The molecule has 27 heavy (non-hydrogen) atoms. The van der Waals surface area contributed by atoms with E-state index in [0.29, 0.717) is 29.0 Å². The van der Waals surface area contributed by atoms with Gasteiger partial charge in [0, 0.05) is 29.6 Å². The number of likely N-dealkylation sites (tertiary alicyclic amines) is 1. The van der Waals surface area contributed by atoms with Crippen LogP contribution in [0.2, 0.25) is 0 Å². The highest BCUT2D eigenvalue weighted by atomic mass is 16.2. The van der Waals surface area contributed by atoms with Crippen LogP contribution in [0.25, 0.3) is 5.65 Å². The van der Waals surface area contributed by atoms with E-state index in [1.807, 2.05) is 13.0 Å². The highest BCUT2D eigenvalue weighted by Gasteiger charge is 2.31. The van der Waals surface area contributed by atoms with E-state index in [1.54, 1.807) is 17.9 Å². The molecule has 1 aliphatic heterocycles. The minimum atomic E-state index is -0.182. The van der Waals surface area contributed by atoms with E-state index in [-0.39, 0.29) is 23.2 Å². The van der Waals surface area contributed by atoms with E-state index in [1.165, 1.54) is 10.6 Å². The van der Waals surface area contributed by atoms with Crippen LogP contribution in [0.3, 0.4) is 0 Å². The van der Waals surface area contributed by atoms with Gasteiger partial charge in [-0.2, -0.15) is 0 Å². The summed E-state index contributed by atoms with van der Waals surface area (Å²) in [6.45, 7) is 11.5. The summed E-state index contributed by atoms with van der Waals surface area (Å²) >= 11 is 0. The summed E-state index contributed by atoms with van der Waals surface area (Å²) in [6, 6.07) is 1.67. The highest BCUT2D eigenvalue weighted by Crippen LogP contribution is 2.32. The van der Waals surface area contributed by atoms with Crippen LogP contribution in [-0.2, 0) is 4.79 Å². The van der Waals surface area contributed by atoms with Gasteiger partial charge in [0.1, 0.15) is 0 Å². The molecule has 0 spiro atoms.